The third-order valence-corrected chi connectivity index (χ3v) is 3.44. The highest BCUT2D eigenvalue weighted by molar-refractivity contribution is 6.21. The molecule has 100 valence electrons. The number of halogens is 4. The maximum atomic E-state index is 11.9. The van der Waals surface area contributed by atoms with Crippen LogP contribution in [0.3, 0.4) is 0 Å². The molecule has 1 N–H and O–H groups in total. The third-order valence-electron chi connectivity index (χ3n) is 2.91. The molecule has 2 nitrogen and oxygen atoms in total. The first kappa shape index (κ1) is 14.6. The largest absolute Gasteiger partial charge is 0.389 e. The molecule has 1 aliphatic rings. The zero-order chi connectivity index (χ0) is 12.9. The molecule has 0 bridgehead atoms. The molecule has 0 aliphatic heterocycles. The van der Waals surface area contributed by atoms with Crippen LogP contribution in [-0.4, -0.2) is 23.5 Å². The first-order valence-electron chi connectivity index (χ1n) is 5.88. The Balaban J connectivity index is 2.33. The van der Waals surface area contributed by atoms with Crippen LogP contribution in [0.15, 0.2) is 0 Å². The van der Waals surface area contributed by atoms with Gasteiger partial charge in [-0.15, -0.1) is 11.6 Å². The number of carbonyl (C=O) groups excluding carboxylic acids is 1. The highest BCUT2D eigenvalue weighted by Crippen LogP contribution is 2.24. The average Bonchev–Trinajstić information content (AvgIpc) is 2.41. The standard InChI is InChI=1S/C11H17ClF3NO/c12-8-4-2-1-3-5-9(8)16-10(17)6-7-11(13,14)15/h8-9H,1-7H2,(H,16,17). The predicted molar refractivity (Wildman–Crippen MR) is 59.9 cm³/mol. The molecule has 1 rings (SSSR count). The molecule has 2 unspecified atom stereocenters. The van der Waals surface area contributed by atoms with Crippen molar-refractivity contribution in [2.24, 2.45) is 0 Å². The minimum absolute atomic E-state index is 0.160. The van der Waals surface area contributed by atoms with Crippen LogP contribution in [-0.2, 0) is 4.79 Å². The van der Waals surface area contributed by atoms with Gasteiger partial charge in [-0.1, -0.05) is 19.3 Å². The lowest BCUT2D eigenvalue weighted by atomic mass is 10.1. The Kier molecular flexibility index (Phi) is 5.56. The molecule has 0 radical (unpaired) electrons. The molecule has 1 aliphatic carbocycles. The van der Waals surface area contributed by atoms with E-state index in [2.05, 4.69) is 5.32 Å². The molecule has 17 heavy (non-hydrogen) atoms. The quantitative estimate of drug-likeness (QED) is 0.619. The first-order valence-corrected chi connectivity index (χ1v) is 6.32. The Hall–Kier alpha value is -0.450. The van der Waals surface area contributed by atoms with E-state index in [1.807, 2.05) is 0 Å². The summed E-state index contributed by atoms with van der Waals surface area (Å²) in [6.07, 6.45) is -1.24. The van der Waals surface area contributed by atoms with Crippen molar-refractivity contribution in [2.75, 3.05) is 0 Å². The Bertz CT molecular complexity index is 258. The molecule has 0 heterocycles. The number of alkyl halides is 4. The third kappa shape index (κ3) is 6.15. The summed E-state index contributed by atoms with van der Waals surface area (Å²) in [6.45, 7) is 0. The summed E-state index contributed by atoms with van der Waals surface area (Å²) < 4.78 is 35.8. The second kappa shape index (κ2) is 6.47. The molecule has 0 aromatic rings. The molecule has 0 spiro atoms. The zero-order valence-electron chi connectivity index (χ0n) is 9.52. The minimum atomic E-state index is -4.28. The summed E-state index contributed by atoms with van der Waals surface area (Å²) in [5.41, 5.74) is 0. The fourth-order valence-electron chi connectivity index (χ4n) is 1.96. The molecule has 0 aromatic heterocycles. The Morgan fingerprint density at radius 1 is 1.24 bits per heavy atom. The number of amides is 1. The second-order valence-corrected chi connectivity index (χ2v) is 5.00. The van der Waals surface area contributed by atoms with Crippen molar-refractivity contribution in [3.63, 3.8) is 0 Å². The van der Waals surface area contributed by atoms with Gasteiger partial charge in [0.25, 0.3) is 0 Å². The van der Waals surface area contributed by atoms with Gasteiger partial charge in [-0.3, -0.25) is 4.79 Å². The van der Waals surface area contributed by atoms with Crippen LogP contribution in [0.1, 0.15) is 44.9 Å². The minimum Gasteiger partial charge on any atom is -0.352 e. The lowest BCUT2D eigenvalue weighted by Gasteiger charge is -2.21. The summed E-state index contributed by atoms with van der Waals surface area (Å²) in [5.74, 6) is -0.556. The van der Waals surface area contributed by atoms with Crippen LogP contribution in [0.5, 0.6) is 0 Å². The number of nitrogens with one attached hydrogen (secondary N) is 1. The molecule has 1 fully saturated rings. The summed E-state index contributed by atoms with van der Waals surface area (Å²) in [5, 5.41) is 2.45. The van der Waals surface area contributed by atoms with E-state index in [-0.39, 0.29) is 11.4 Å². The molecule has 1 amide bonds. The van der Waals surface area contributed by atoms with E-state index in [0.29, 0.717) is 0 Å². The lowest BCUT2D eigenvalue weighted by Crippen LogP contribution is -2.40. The van der Waals surface area contributed by atoms with Crippen LogP contribution < -0.4 is 5.32 Å². The van der Waals surface area contributed by atoms with E-state index in [1.165, 1.54) is 0 Å². The summed E-state index contributed by atoms with van der Waals surface area (Å²) in [7, 11) is 0. The van der Waals surface area contributed by atoms with Crippen molar-refractivity contribution >= 4 is 17.5 Å². The maximum Gasteiger partial charge on any atom is 0.389 e. The van der Waals surface area contributed by atoms with Crippen molar-refractivity contribution in [1.29, 1.82) is 0 Å². The fourth-order valence-corrected chi connectivity index (χ4v) is 2.30. The molecule has 1 saturated carbocycles. The van der Waals surface area contributed by atoms with Crippen LogP contribution in [0, 0.1) is 0 Å². The zero-order valence-corrected chi connectivity index (χ0v) is 10.3. The van der Waals surface area contributed by atoms with Gasteiger partial charge in [0.2, 0.25) is 5.91 Å². The summed E-state index contributed by atoms with van der Waals surface area (Å²) in [4.78, 5) is 11.3. The molecule has 0 saturated heterocycles. The monoisotopic (exact) mass is 271 g/mol. The molecular weight excluding hydrogens is 255 g/mol. The van der Waals surface area contributed by atoms with E-state index in [0.717, 1.165) is 32.1 Å². The number of rotatable bonds is 3. The van der Waals surface area contributed by atoms with Crippen LogP contribution >= 0.6 is 11.6 Å². The Morgan fingerprint density at radius 3 is 2.53 bits per heavy atom. The smallest absolute Gasteiger partial charge is 0.352 e. The van der Waals surface area contributed by atoms with Gasteiger partial charge < -0.3 is 5.32 Å². The van der Waals surface area contributed by atoms with Crippen LogP contribution in [0.4, 0.5) is 13.2 Å². The van der Waals surface area contributed by atoms with Gasteiger partial charge in [-0.2, -0.15) is 13.2 Å². The van der Waals surface area contributed by atoms with Crippen molar-refractivity contribution in [2.45, 2.75) is 62.5 Å². The Morgan fingerprint density at radius 2 is 1.88 bits per heavy atom. The highest BCUT2D eigenvalue weighted by Gasteiger charge is 2.29. The fraction of sp³-hybridized carbons (Fsp3) is 0.909. The van der Waals surface area contributed by atoms with E-state index in [4.69, 9.17) is 11.6 Å². The lowest BCUT2D eigenvalue weighted by molar-refractivity contribution is -0.144. The van der Waals surface area contributed by atoms with E-state index in [9.17, 15) is 18.0 Å². The van der Waals surface area contributed by atoms with Crippen LogP contribution in [0.2, 0.25) is 0 Å². The normalized spacial score (nSPS) is 26.4. The maximum absolute atomic E-state index is 11.9. The molecule has 6 heteroatoms. The Labute approximate surface area is 104 Å². The van der Waals surface area contributed by atoms with E-state index in [1.54, 1.807) is 0 Å². The molecule has 0 aromatic carbocycles. The van der Waals surface area contributed by atoms with Crippen molar-refractivity contribution in [3.8, 4) is 0 Å². The van der Waals surface area contributed by atoms with Gasteiger partial charge in [-0.25, -0.2) is 0 Å². The topological polar surface area (TPSA) is 29.1 Å². The van der Waals surface area contributed by atoms with Gasteiger partial charge in [0.15, 0.2) is 0 Å². The van der Waals surface area contributed by atoms with Crippen LogP contribution in [0.25, 0.3) is 0 Å². The SMILES string of the molecule is O=C(CCC(F)(F)F)NC1CCCCCC1Cl. The highest BCUT2D eigenvalue weighted by atomic mass is 35.5. The number of hydrogen-bond acceptors (Lipinski definition) is 1. The first-order chi connectivity index (χ1) is 7.88. The van der Waals surface area contributed by atoms with Crippen molar-refractivity contribution in [1.82, 2.24) is 5.32 Å². The van der Waals surface area contributed by atoms with E-state index >= 15 is 0 Å². The van der Waals surface area contributed by atoms with Gasteiger partial charge >= 0.3 is 6.18 Å². The van der Waals surface area contributed by atoms with Crippen molar-refractivity contribution in [3.05, 3.63) is 0 Å². The average molecular weight is 272 g/mol. The van der Waals surface area contributed by atoms with Gasteiger partial charge in [0.1, 0.15) is 0 Å². The number of hydrogen-bond donors (Lipinski definition) is 1. The van der Waals surface area contributed by atoms with E-state index < -0.39 is 24.9 Å². The molecular formula is C11H17ClF3NO. The van der Waals surface area contributed by atoms with Crippen molar-refractivity contribution < 1.29 is 18.0 Å². The molecule has 2 atom stereocenters. The predicted octanol–water partition coefficient (Wildman–Crippen LogP) is 3.39. The second-order valence-electron chi connectivity index (χ2n) is 4.44. The van der Waals surface area contributed by atoms with Gasteiger partial charge in [-0.05, 0) is 12.8 Å². The van der Waals surface area contributed by atoms with Gasteiger partial charge in [0.05, 0.1) is 11.8 Å². The summed E-state index contributed by atoms with van der Waals surface area (Å²) in [6, 6.07) is -0.181. The summed E-state index contributed by atoms with van der Waals surface area (Å²) >= 11 is 6.08. The van der Waals surface area contributed by atoms with Gasteiger partial charge in [0, 0.05) is 12.5 Å². The number of carbonyl (C=O) groups is 1.